The Hall–Kier alpha value is -1.36. The van der Waals surface area contributed by atoms with E-state index in [0.717, 1.165) is 12.1 Å². The maximum atomic E-state index is 13.2. The minimum Gasteiger partial charge on any atom is -0.489 e. The Bertz CT molecular complexity index is 357. The molecule has 3 N–H and O–H groups in total. The smallest absolute Gasteiger partial charge is 0.153 e. The van der Waals surface area contributed by atoms with E-state index in [2.05, 4.69) is 5.32 Å². The number of anilines is 1. The van der Waals surface area contributed by atoms with Crippen LogP contribution in [0.3, 0.4) is 0 Å². The molecule has 0 aliphatic carbocycles. The van der Waals surface area contributed by atoms with Gasteiger partial charge < -0.3 is 15.8 Å². The Labute approximate surface area is 79.9 Å². The lowest BCUT2D eigenvalue weighted by Gasteiger charge is -2.26. The monoisotopic (exact) mass is 200 g/mol. The number of nitrogens with two attached hydrogens (primary N) is 1. The van der Waals surface area contributed by atoms with E-state index in [1.165, 1.54) is 0 Å². The maximum absolute atomic E-state index is 13.2. The number of hydrogen-bond acceptors (Lipinski definition) is 3. The summed E-state index contributed by atoms with van der Waals surface area (Å²) < 4.78 is 31.1. The average molecular weight is 200 g/mol. The molecule has 1 atom stereocenters. The van der Waals surface area contributed by atoms with Gasteiger partial charge in [-0.1, -0.05) is 0 Å². The third kappa shape index (κ3) is 1.50. The van der Waals surface area contributed by atoms with E-state index in [0.29, 0.717) is 13.2 Å². The van der Waals surface area contributed by atoms with E-state index < -0.39 is 11.6 Å². The fourth-order valence-electron chi connectivity index (χ4n) is 1.37. The van der Waals surface area contributed by atoms with Crippen molar-refractivity contribution in [3.63, 3.8) is 0 Å². The summed E-state index contributed by atoms with van der Waals surface area (Å²) in [6.07, 6.45) is 0. The second-order valence-corrected chi connectivity index (χ2v) is 3.15. The van der Waals surface area contributed by atoms with E-state index in [1.807, 2.05) is 0 Å². The number of ether oxygens (including phenoxy) is 1. The Balaban J connectivity index is 2.37. The summed E-state index contributed by atoms with van der Waals surface area (Å²) in [5.41, 5.74) is 5.59. The van der Waals surface area contributed by atoms with Crippen molar-refractivity contribution in [3.05, 3.63) is 23.8 Å². The van der Waals surface area contributed by atoms with Crippen LogP contribution in [0.25, 0.3) is 0 Å². The first kappa shape index (κ1) is 9.21. The second-order valence-electron chi connectivity index (χ2n) is 3.15. The summed E-state index contributed by atoms with van der Waals surface area (Å²) in [5, 5.41) is 2.85. The summed E-state index contributed by atoms with van der Waals surface area (Å²) in [4.78, 5) is 0. The molecule has 0 fully saturated rings. The van der Waals surface area contributed by atoms with Crippen LogP contribution in [-0.4, -0.2) is 19.2 Å². The number of fused-ring (bicyclic) bond motifs is 1. The normalized spacial score (nSPS) is 19.5. The van der Waals surface area contributed by atoms with Crippen LogP contribution in [0.2, 0.25) is 0 Å². The molecule has 0 spiro atoms. The van der Waals surface area contributed by atoms with Crippen molar-refractivity contribution in [2.24, 2.45) is 5.73 Å². The van der Waals surface area contributed by atoms with E-state index in [-0.39, 0.29) is 17.5 Å². The van der Waals surface area contributed by atoms with Gasteiger partial charge in [0.15, 0.2) is 5.82 Å². The van der Waals surface area contributed by atoms with Gasteiger partial charge in [0.05, 0.1) is 6.04 Å². The van der Waals surface area contributed by atoms with Gasteiger partial charge in [-0.05, 0) is 0 Å². The van der Waals surface area contributed by atoms with Crippen molar-refractivity contribution in [1.82, 2.24) is 0 Å². The van der Waals surface area contributed by atoms with Gasteiger partial charge in [-0.2, -0.15) is 0 Å². The zero-order valence-corrected chi connectivity index (χ0v) is 7.39. The first-order chi connectivity index (χ1) is 6.70. The molecule has 1 heterocycles. The highest BCUT2D eigenvalue weighted by Crippen LogP contribution is 2.32. The summed E-state index contributed by atoms with van der Waals surface area (Å²) in [7, 11) is 0. The molecule has 1 aromatic carbocycles. The third-order valence-corrected chi connectivity index (χ3v) is 2.09. The summed E-state index contributed by atoms with van der Waals surface area (Å²) >= 11 is 0. The summed E-state index contributed by atoms with van der Waals surface area (Å²) in [6, 6.07) is 1.84. The van der Waals surface area contributed by atoms with Crippen molar-refractivity contribution >= 4 is 5.69 Å². The second kappa shape index (κ2) is 3.42. The van der Waals surface area contributed by atoms with Gasteiger partial charge in [-0.15, -0.1) is 0 Å². The van der Waals surface area contributed by atoms with Crippen LogP contribution in [0.15, 0.2) is 12.1 Å². The van der Waals surface area contributed by atoms with Crippen molar-refractivity contribution in [2.45, 2.75) is 6.04 Å². The van der Waals surface area contributed by atoms with E-state index in [9.17, 15) is 8.78 Å². The fourth-order valence-corrected chi connectivity index (χ4v) is 1.37. The predicted octanol–water partition coefficient (Wildman–Crippen LogP) is 1.10. The Kier molecular flexibility index (Phi) is 2.25. The lowest BCUT2D eigenvalue weighted by atomic mass is 10.2. The van der Waals surface area contributed by atoms with Gasteiger partial charge in [0, 0.05) is 18.7 Å². The van der Waals surface area contributed by atoms with Crippen LogP contribution < -0.4 is 15.8 Å². The molecule has 0 radical (unpaired) electrons. The van der Waals surface area contributed by atoms with Crippen LogP contribution >= 0.6 is 0 Å². The molecule has 76 valence electrons. The fraction of sp³-hybridized carbons (Fsp3) is 0.333. The number of benzene rings is 1. The van der Waals surface area contributed by atoms with Crippen molar-refractivity contribution < 1.29 is 13.5 Å². The molecule has 1 unspecified atom stereocenters. The van der Waals surface area contributed by atoms with Crippen LogP contribution in [0.5, 0.6) is 5.75 Å². The average Bonchev–Trinajstić information content (AvgIpc) is 2.17. The number of hydrogen-bond donors (Lipinski definition) is 2. The predicted molar refractivity (Wildman–Crippen MR) is 48.3 cm³/mol. The molecule has 1 aliphatic heterocycles. The highest BCUT2D eigenvalue weighted by atomic mass is 19.1. The number of rotatable bonds is 1. The molecule has 2 rings (SSSR count). The molecule has 0 saturated heterocycles. The number of nitrogens with one attached hydrogen (secondary N) is 1. The van der Waals surface area contributed by atoms with Gasteiger partial charge in [0.25, 0.3) is 0 Å². The standard InChI is InChI=1S/C9H10F2N2O/c10-5-1-7(11)9-8(2-5)14-4-6(3-12)13-9/h1-2,6,13H,3-4,12H2. The highest BCUT2D eigenvalue weighted by molar-refractivity contribution is 5.59. The van der Waals surface area contributed by atoms with Crippen LogP contribution in [0.1, 0.15) is 0 Å². The summed E-state index contributed by atoms with van der Waals surface area (Å²) in [6.45, 7) is 0.669. The van der Waals surface area contributed by atoms with E-state index >= 15 is 0 Å². The third-order valence-electron chi connectivity index (χ3n) is 2.09. The molecule has 1 aromatic rings. The zero-order chi connectivity index (χ0) is 10.1. The Morgan fingerprint density at radius 3 is 3.00 bits per heavy atom. The first-order valence-corrected chi connectivity index (χ1v) is 4.29. The Morgan fingerprint density at radius 1 is 1.50 bits per heavy atom. The van der Waals surface area contributed by atoms with Gasteiger partial charge in [0.1, 0.15) is 23.9 Å². The topological polar surface area (TPSA) is 47.3 Å². The minimum absolute atomic E-state index is 0.123. The molecule has 0 amide bonds. The SMILES string of the molecule is NCC1COc2cc(F)cc(F)c2N1. The van der Waals surface area contributed by atoms with Crippen LogP contribution in [-0.2, 0) is 0 Å². The molecule has 3 nitrogen and oxygen atoms in total. The quantitative estimate of drug-likeness (QED) is 0.713. The lowest BCUT2D eigenvalue weighted by molar-refractivity contribution is 0.282. The van der Waals surface area contributed by atoms with Gasteiger partial charge in [-0.25, -0.2) is 8.78 Å². The van der Waals surface area contributed by atoms with Gasteiger partial charge >= 0.3 is 0 Å². The Morgan fingerprint density at radius 2 is 2.29 bits per heavy atom. The maximum Gasteiger partial charge on any atom is 0.153 e. The molecule has 5 heteroatoms. The van der Waals surface area contributed by atoms with E-state index in [4.69, 9.17) is 10.5 Å². The first-order valence-electron chi connectivity index (χ1n) is 4.29. The van der Waals surface area contributed by atoms with Crippen molar-refractivity contribution in [2.75, 3.05) is 18.5 Å². The molecule has 0 aromatic heterocycles. The zero-order valence-electron chi connectivity index (χ0n) is 7.39. The number of halogens is 2. The molecule has 14 heavy (non-hydrogen) atoms. The van der Waals surface area contributed by atoms with Crippen molar-refractivity contribution in [1.29, 1.82) is 0 Å². The van der Waals surface area contributed by atoms with E-state index in [1.54, 1.807) is 0 Å². The van der Waals surface area contributed by atoms with Gasteiger partial charge in [0.2, 0.25) is 0 Å². The highest BCUT2D eigenvalue weighted by Gasteiger charge is 2.21. The molecule has 0 bridgehead atoms. The van der Waals surface area contributed by atoms with Crippen LogP contribution in [0.4, 0.5) is 14.5 Å². The van der Waals surface area contributed by atoms with Gasteiger partial charge in [-0.3, -0.25) is 0 Å². The lowest BCUT2D eigenvalue weighted by Crippen LogP contribution is -2.38. The largest absolute Gasteiger partial charge is 0.489 e. The molecule has 0 saturated carbocycles. The molecule has 1 aliphatic rings. The van der Waals surface area contributed by atoms with Crippen LogP contribution in [0, 0.1) is 11.6 Å². The minimum atomic E-state index is -0.654. The molecular formula is C9H10F2N2O. The summed E-state index contributed by atoms with van der Waals surface area (Å²) in [5.74, 6) is -1.10. The molecular weight excluding hydrogens is 190 g/mol. The van der Waals surface area contributed by atoms with Crippen molar-refractivity contribution in [3.8, 4) is 5.75 Å².